The van der Waals surface area contributed by atoms with E-state index in [2.05, 4.69) is 34.6 Å². The maximum absolute atomic E-state index is 12.8. The molecule has 0 aromatic carbocycles. The van der Waals surface area contributed by atoms with Crippen molar-refractivity contribution in [2.24, 2.45) is 11.8 Å². The van der Waals surface area contributed by atoms with Crippen molar-refractivity contribution in [2.75, 3.05) is 13.2 Å². The number of ether oxygens (including phenoxy) is 3. The zero-order valence-corrected chi connectivity index (χ0v) is 43.2. The number of hydrogen-bond acceptors (Lipinski definition) is 6. The number of hydrogen-bond donors (Lipinski definition) is 0. The fraction of sp³-hybridized carbons (Fsp3) is 0.947. The molecule has 0 aromatic heterocycles. The third-order valence-corrected chi connectivity index (χ3v) is 13.7. The normalized spacial score (nSPS) is 12.9. The Labute approximate surface area is 393 Å². The lowest BCUT2D eigenvalue weighted by molar-refractivity contribution is -0.167. The first-order valence-electron chi connectivity index (χ1n) is 28.3. The minimum Gasteiger partial charge on any atom is -0.462 e. The maximum Gasteiger partial charge on any atom is 0.306 e. The molecule has 0 aromatic rings. The van der Waals surface area contributed by atoms with E-state index in [1.54, 1.807) is 0 Å². The highest BCUT2D eigenvalue weighted by molar-refractivity contribution is 5.71. The van der Waals surface area contributed by atoms with E-state index in [9.17, 15) is 14.4 Å². The summed E-state index contributed by atoms with van der Waals surface area (Å²) in [4.78, 5) is 38.1. The summed E-state index contributed by atoms with van der Waals surface area (Å²) in [6, 6.07) is 0. The Hall–Kier alpha value is -1.59. The van der Waals surface area contributed by atoms with Crippen LogP contribution in [0.1, 0.15) is 317 Å². The largest absolute Gasteiger partial charge is 0.462 e. The van der Waals surface area contributed by atoms with Crippen LogP contribution in [0.15, 0.2) is 0 Å². The van der Waals surface area contributed by atoms with Gasteiger partial charge in [0.05, 0.1) is 0 Å². The highest BCUT2D eigenvalue weighted by atomic mass is 16.6. The number of carbonyl (C=O) groups excluding carboxylic acids is 3. The van der Waals surface area contributed by atoms with Crippen LogP contribution >= 0.6 is 0 Å². The molecule has 0 aliphatic heterocycles. The summed E-state index contributed by atoms with van der Waals surface area (Å²) in [5.41, 5.74) is 0. The van der Waals surface area contributed by atoms with Crippen LogP contribution in [0, 0.1) is 11.8 Å². The third kappa shape index (κ3) is 48.2. The molecule has 6 heteroatoms. The first-order valence-corrected chi connectivity index (χ1v) is 28.3. The lowest BCUT2D eigenvalue weighted by Gasteiger charge is -2.18. The molecule has 0 radical (unpaired) electrons. The Bertz CT molecular complexity index is 966. The van der Waals surface area contributed by atoms with E-state index >= 15 is 0 Å². The Balaban J connectivity index is 4.29. The van der Waals surface area contributed by atoms with Crippen molar-refractivity contribution in [3.8, 4) is 0 Å². The van der Waals surface area contributed by atoms with Gasteiger partial charge in [-0.1, -0.05) is 279 Å². The molecule has 0 heterocycles. The monoisotopic (exact) mass is 891 g/mol. The summed E-state index contributed by atoms with van der Waals surface area (Å²) in [7, 11) is 0. The van der Waals surface area contributed by atoms with Crippen molar-refractivity contribution in [1.82, 2.24) is 0 Å². The molecule has 0 aliphatic carbocycles. The van der Waals surface area contributed by atoms with E-state index < -0.39 is 6.10 Å². The van der Waals surface area contributed by atoms with Crippen LogP contribution in [0.2, 0.25) is 0 Å². The molecule has 0 bridgehead atoms. The molecule has 374 valence electrons. The number of rotatable bonds is 51. The lowest BCUT2D eigenvalue weighted by Crippen LogP contribution is -2.30. The number of unbranched alkanes of at least 4 members (excludes halogenated alkanes) is 34. The number of esters is 3. The Morgan fingerprint density at radius 3 is 0.825 bits per heavy atom. The van der Waals surface area contributed by atoms with Crippen molar-refractivity contribution in [2.45, 2.75) is 323 Å². The van der Waals surface area contributed by atoms with Crippen LogP contribution in [0.3, 0.4) is 0 Å². The molecule has 0 saturated heterocycles. The average molecular weight is 892 g/mol. The van der Waals surface area contributed by atoms with Gasteiger partial charge >= 0.3 is 17.9 Å². The minimum atomic E-state index is -0.763. The summed E-state index contributed by atoms with van der Waals surface area (Å²) >= 11 is 0. The first kappa shape index (κ1) is 61.4. The number of carbonyl (C=O) groups is 3. The van der Waals surface area contributed by atoms with Gasteiger partial charge in [-0.3, -0.25) is 14.4 Å². The molecule has 0 fully saturated rings. The van der Waals surface area contributed by atoms with Gasteiger partial charge < -0.3 is 14.2 Å². The molecule has 2 unspecified atom stereocenters. The topological polar surface area (TPSA) is 78.9 Å². The molecule has 0 saturated carbocycles. The van der Waals surface area contributed by atoms with Gasteiger partial charge in [-0.15, -0.1) is 0 Å². The summed E-state index contributed by atoms with van der Waals surface area (Å²) < 4.78 is 16.9. The first-order chi connectivity index (χ1) is 30.8. The van der Waals surface area contributed by atoms with Crippen molar-refractivity contribution >= 4 is 17.9 Å². The van der Waals surface area contributed by atoms with Crippen LogP contribution in [-0.4, -0.2) is 37.2 Å². The van der Waals surface area contributed by atoms with Gasteiger partial charge in [0.25, 0.3) is 0 Å². The second-order valence-electron chi connectivity index (χ2n) is 20.1. The molecule has 0 rings (SSSR count). The molecule has 0 spiro atoms. The second kappa shape index (κ2) is 49.8. The van der Waals surface area contributed by atoms with E-state index in [1.807, 2.05) is 0 Å². The predicted octanol–water partition coefficient (Wildman–Crippen LogP) is 18.5. The van der Waals surface area contributed by atoms with E-state index in [4.69, 9.17) is 14.2 Å². The van der Waals surface area contributed by atoms with Gasteiger partial charge in [0.2, 0.25) is 0 Å². The summed E-state index contributed by atoms with van der Waals surface area (Å²) in [5.74, 6) is 0.873. The standard InChI is InChI=1S/C57H110O6/c1-6-9-10-11-12-13-14-15-16-17-18-19-20-21-22-27-34-39-44-49-57(60)63-54(51-62-56(59)48-43-38-33-29-28-31-36-41-46-53(5)8-3)50-61-55(58)47-42-37-32-26-24-23-25-30-35-40-45-52(4)7-2/h52-54H,6-51H2,1-5H3/t52?,53?,54-/m0/s1. The Morgan fingerprint density at radius 1 is 0.317 bits per heavy atom. The molecule has 0 N–H and O–H groups in total. The average Bonchev–Trinajstić information content (AvgIpc) is 3.28. The van der Waals surface area contributed by atoms with E-state index in [-0.39, 0.29) is 31.1 Å². The van der Waals surface area contributed by atoms with Crippen molar-refractivity contribution < 1.29 is 28.6 Å². The Kier molecular flexibility index (Phi) is 48.6. The van der Waals surface area contributed by atoms with E-state index in [1.165, 1.54) is 205 Å². The summed E-state index contributed by atoms with van der Waals surface area (Å²) in [6.07, 6.45) is 52.3. The zero-order chi connectivity index (χ0) is 46.1. The fourth-order valence-electron chi connectivity index (χ4n) is 8.63. The van der Waals surface area contributed by atoms with Gasteiger partial charge in [0, 0.05) is 19.3 Å². The van der Waals surface area contributed by atoms with Gasteiger partial charge in [0.15, 0.2) is 6.10 Å². The van der Waals surface area contributed by atoms with Crippen molar-refractivity contribution in [1.29, 1.82) is 0 Å². The molecule has 0 aliphatic rings. The van der Waals surface area contributed by atoms with Crippen LogP contribution < -0.4 is 0 Å². The van der Waals surface area contributed by atoms with E-state index in [0.717, 1.165) is 69.6 Å². The van der Waals surface area contributed by atoms with Gasteiger partial charge in [-0.25, -0.2) is 0 Å². The molecular formula is C57H110O6. The predicted molar refractivity (Wildman–Crippen MR) is 270 cm³/mol. The molecule has 0 amide bonds. The minimum absolute atomic E-state index is 0.0637. The highest BCUT2D eigenvalue weighted by Gasteiger charge is 2.19. The quantitative estimate of drug-likeness (QED) is 0.0344. The lowest BCUT2D eigenvalue weighted by atomic mass is 9.99. The van der Waals surface area contributed by atoms with Crippen LogP contribution in [-0.2, 0) is 28.6 Å². The molecule has 3 atom stereocenters. The summed E-state index contributed by atoms with van der Waals surface area (Å²) in [6.45, 7) is 11.4. The smallest absolute Gasteiger partial charge is 0.306 e. The van der Waals surface area contributed by atoms with Crippen LogP contribution in [0.5, 0.6) is 0 Å². The van der Waals surface area contributed by atoms with E-state index in [0.29, 0.717) is 19.3 Å². The second-order valence-corrected chi connectivity index (χ2v) is 20.1. The van der Waals surface area contributed by atoms with Crippen molar-refractivity contribution in [3.63, 3.8) is 0 Å². The SMILES string of the molecule is CCCCCCCCCCCCCCCCCCCCCC(=O)O[C@@H](COC(=O)CCCCCCCCCCCCC(C)CC)COC(=O)CCCCCCCCCCC(C)CC. The van der Waals surface area contributed by atoms with Gasteiger partial charge in [0.1, 0.15) is 13.2 Å². The van der Waals surface area contributed by atoms with Crippen LogP contribution in [0.4, 0.5) is 0 Å². The third-order valence-electron chi connectivity index (χ3n) is 13.7. The fourth-order valence-corrected chi connectivity index (χ4v) is 8.63. The highest BCUT2D eigenvalue weighted by Crippen LogP contribution is 2.19. The molecule has 63 heavy (non-hydrogen) atoms. The van der Waals surface area contributed by atoms with Gasteiger partial charge in [-0.2, -0.15) is 0 Å². The van der Waals surface area contributed by atoms with Crippen LogP contribution in [0.25, 0.3) is 0 Å². The maximum atomic E-state index is 12.8. The molecular weight excluding hydrogens is 781 g/mol. The molecule has 6 nitrogen and oxygen atoms in total. The summed E-state index contributed by atoms with van der Waals surface area (Å²) in [5, 5.41) is 0. The Morgan fingerprint density at radius 2 is 0.556 bits per heavy atom. The zero-order valence-electron chi connectivity index (χ0n) is 43.2. The van der Waals surface area contributed by atoms with Crippen molar-refractivity contribution in [3.05, 3.63) is 0 Å². The van der Waals surface area contributed by atoms with Gasteiger partial charge in [-0.05, 0) is 31.1 Å².